The number of benzene rings is 1. The van der Waals surface area contributed by atoms with E-state index in [1.807, 2.05) is 0 Å². The molecule has 0 spiro atoms. The number of hydrogen-bond donors (Lipinski definition) is 2. The van der Waals surface area contributed by atoms with E-state index >= 15 is 0 Å². The number of aryl methyl sites for hydroxylation is 1. The maximum absolute atomic E-state index is 12.6. The van der Waals surface area contributed by atoms with Gasteiger partial charge in [-0.2, -0.15) is 4.31 Å². The van der Waals surface area contributed by atoms with Crippen LogP contribution in [0.4, 0.5) is 0 Å². The second-order valence-corrected chi connectivity index (χ2v) is 6.82. The minimum absolute atomic E-state index is 0.0143. The molecule has 1 aromatic rings. The third kappa shape index (κ3) is 3.24. The van der Waals surface area contributed by atoms with Crippen molar-refractivity contribution in [3.05, 3.63) is 29.3 Å². The first kappa shape index (κ1) is 15.9. The highest BCUT2D eigenvalue weighted by Crippen LogP contribution is 2.21. The topological polar surface area (TPSA) is 110 Å². The number of carbonyl (C=O) groups is 1. The molecular formula is C13H18N2O5S. The van der Waals surface area contributed by atoms with E-state index in [1.165, 1.54) is 16.4 Å². The van der Waals surface area contributed by atoms with Gasteiger partial charge >= 0.3 is 0 Å². The summed E-state index contributed by atoms with van der Waals surface area (Å²) in [6.45, 7) is 1.95. The maximum atomic E-state index is 12.6. The number of sulfonamides is 1. The Morgan fingerprint density at radius 3 is 2.86 bits per heavy atom. The summed E-state index contributed by atoms with van der Waals surface area (Å²) in [5, 5.41) is 9.09. The van der Waals surface area contributed by atoms with Gasteiger partial charge in [0.25, 0.3) is 0 Å². The van der Waals surface area contributed by atoms with Crippen LogP contribution in [0, 0.1) is 6.92 Å². The Kier molecular flexibility index (Phi) is 4.62. The van der Waals surface area contributed by atoms with Crippen molar-refractivity contribution in [2.75, 3.05) is 26.3 Å². The van der Waals surface area contributed by atoms with Crippen molar-refractivity contribution in [1.29, 1.82) is 0 Å². The molecule has 1 heterocycles. The van der Waals surface area contributed by atoms with Crippen molar-refractivity contribution in [1.82, 2.24) is 4.31 Å². The van der Waals surface area contributed by atoms with E-state index in [0.29, 0.717) is 5.56 Å². The van der Waals surface area contributed by atoms with E-state index in [9.17, 15) is 13.2 Å². The fourth-order valence-electron chi connectivity index (χ4n) is 2.20. The molecule has 116 valence electrons. The van der Waals surface area contributed by atoms with E-state index in [0.717, 1.165) is 0 Å². The molecule has 1 amide bonds. The van der Waals surface area contributed by atoms with E-state index in [-0.39, 0.29) is 36.8 Å². The summed E-state index contributed by atoms with van der Waals surface area (Å²) < 4.78 is 31.6. The highest BCUT2D eigenvalue weighted by molar-refractivity contribution is 7.89. The van der Waals surface area contributed by atoms with Crippen molar-refractivity contribution in [2.24, 2.45) is 5.73 Å². The number of rotatable bonds is 4. The predicted molar refractivity (Wildman–Crippen MR) is 75.3 cm³/mol. The minimum atomic E-state index is -3.74. The van der Waals surface area contributed by atoms with Crippen LogP contribution in [-0.2, 0) is 14.8 Å². The zero-order valence-electron chi connectivity index (χ0n) is 11.7. The molecule has 1 atom stereocenters. The Morgan fingerprint density at radius 2 is 2.24 bits per heavy atom. The van der Waals surface area contributed by atoms with Crippen LogP contribution in [0.5, 0.6) is 0 Å². The lowest BCUT2D eigenvalue weighted by atomic mass is 10.1. The molecule has 2 rings (SSSR count). The van der Waals surface area contributed by atoms with Gasteiger partial charge in [-0.15, -0.1) is 0 Å². The number of aliphatic hydroxyl groups excluding tert-OH is 1. The number of ether oxygens (including phenoxy) is 1. The van der Waals surface area contributed by atoms with Gasteiger partial charge in [0.05, 0.1) is 24.2 Å². The summed E-state index contributed by atoms with van der Waals surface area (Å²) in [6, 6.07) is 4.29. The van der Waals surface area contributed by atoms with Gasteiger partial charge in [0.2, 0.25) is 15.9 Å². The summed E-state index contributed by atoms with van der Waals surface area (Å²) in [5.74, 6) is -0.667. The van der Waals surface area contributed by atoms with Gasteiger partial charge < -0.3 is 15.6 Å². The normalized spacial score (nSPS) is 20.4. The number of amides is 1. The SMILES string of the molecule is Cc1ccc(S(=O)(=O)N2CCOC(CO)C2)cc1C(N)=O. The first-order chi connectivity index (χ1) is 9.86. The van der Waals surface area contributed by atoms with Gasteiger partial charge in [0, 0.05) is 18.7 Å². The molecular weight excluding hydrogens is 296 g/mol. The molecule has 0 aromatic heterocycles. The van der Waals surface area contributed by atoms with Gasteiger partial charge in [-0.3, -0.25) is 4.79 Å². The molecule has 8 heteroatoms. The zero-order valence-corrected chi connectivity index (χ0v) is 12.5. The molecule has 0 bridgehead atoms. The van der Waals surface area contributed by atoms with E-state index in [2.05, 4.69) is 0 Å². The van der Waals surface area contributed by atoms with Crippen LogP contribution < -0.4 is 5.73 Å². The monoisotopic (exact) mass is 314 g/mol. The first-order valence-electron chi connectivity index (χ1n) is 6.49. The number of nitrogens with two attached hydrogens (primary N) is 1. The van der Waals surface area contributed by atoms with Crippen LogP contribution in [0.1, 0.15) is 15.9 Å². The van der Waals surface area contributed by atoms with Crippen LogP contribution in [0.3, 0.4) is 0 Å². The molecule has 1 fully saturated rings. The van der Waals surface area contributed by atoms with E-state index in [1.54, 1.807) is 13.0 Å². The summed E-state index contributed by atoms with van der Waals surface area (Å²) in [4.78, 5) is 11.4. The van der Waals surface area contributed by atoms with Gasteiger partial charge in [-0.1, -0.05) is 6.07 Å². The zero-order chi connectivity index (χ0) is 15.6. The summed E-state index contributed by atoms with van der Waals surface area (Å²) >= 11 is 0. The van der Waals surface area contributed by atoms with Crippen molar-refractivity contribution < 1.29 is 23.1 Å². The number of hydrogen-bond acceptors (Lipinski definition) is 5. The molecule has 0 saturated carbocycles. The highest BCUT2D eigenvalue weighted by atomic mass is 32.2. The smallest absolute Gasteiger partial charge is 0.249 e. The van der Waals surface area contributed by atoms with Gasteiger partial charge in [0.1, 0.15) is 0 Å². The third-order valence-corrected chi connectivity index (χ3v) is 5.28. The van der Waals surface area contributed by atoms with Gasteiger partial charge in [-0.25, -0.2) is 8.42 Å². The number of nitrogens with zero attached hydrogens (tertiary/aromatic N) is 1. The first-order valence-corrected chi connectivity index (χ1v) is 7.93. The maximum Gasteiger partial charge on any atom is 0.249 e. The molecule has 3 N–H and O–H groups in total. The average molecular weight is 314 g/mol. The lowest BCUT2D eigenvalue weighted by Gasteiger charge is -2.31. The molecule has 1 aliphatic heterocycles. The summed E-state index contributed by atoms with van der Waals surface area (Å²) in [5.41, 5.74) is 6.05. The van der Waals surface area contributed by atoms with Crippen LogP contribution >= 0.6 is 0 Å². The minimum Gasteiger partial charge on any atom is -0.394 e. The van der Waals surface area contributed by atoms with Gasteiger partial charge in [-0.05, 0) is 24.6 Å². The average Bonchev–Trinajstić information content (AvgIpc) is 2.47. The summed E-state index contributed by atoms with van der Waals surface area (Å²) in [6.07, 6.45) is -0.533. The van der Waals surface area contributed by atoms with Crippen molar-refractivity contribution in [2.45, 2.75) is 17.9 Å². The molecule has 1 saturated heterocycles. The fraction of sp³-hybridized carbons (Fsp3) is 0.462. The molecule has 21 heavy (non-hydrogen) atoms. The second-order valence-electron chi connectivity index (χ2n) is 4.88. The third-order valence-electron chi connectivity index (χ3n) is 3.42. The largest absolute Gasteiger partial charge is 0.394 e. The Labute approximate surface area is 123 Å². The van der Waals surface area contributed by atoms with Gasteiger partial charge in [0.15, 0.2) is 0 Å². The molecule has 1 aromatic carbocycles. The Hall–Kier alpha value is -1.48. The van der Waals surface area contributed by atoms with E-state index in [4.69, 9.17) is 15.6 Å². The Morgan fingerprint density at radius 1 is 1.52 bits per heavy atom. The predicted octanol–water partition coefficient (Wildman–Crippen LogP) is -0.524. The molecule has 0 aliphatic carbocycles. The Balaban J connectivity index is 2.35. The number of primary amides is 1. The molecule has 7 nitrogen and oxygen atoms in total. The number of morpholine rings is 1. The van der Waals surface area contributed by atoms with Crippen LogP contribution in [-0.4, -0.2) is 56.1 Å². The van der Waals surface area contributed by atoms with Crippen LogP contribution in [0.2, 0.25) is 0 Å². The second kappa shape index (κ2) is 6.10. The van der Waals surface area contributed by atoms with Crippen LogP contribution in [0.15, 0.2) is 23.1 Å². The highest BCUT2D eigenvalue weighted by Gasteiger charge is 2.31. The number of aliphatic hydroxyl groups is 1. The van der Waals surface area contributed by atoms with Crippen molar-refractivity contribution in [3.63, 3.8) is 0 Å². The lowest BCUT2D eigenvalue weighted by Crippen LogP contribution is -2.46. The van der Waals surface area contributed by atoms with Crippen molar-refractivity contribution >= 4 is 15.9 Å². The molecule has 1 aliphatic rings. The lowest BCUT2D eigenvalue weighted by molar-refractivity contribution is -0.0304. The van der Waals surface area contributed by atoms with Crippen molar-refractivity contribution in [3.8, 4) is 0 Å². The fourth-order valence-corrected chi connectivity index (χ4v) is 3.68. The number of carbonyl (C=O) groups excluding carboxylic acids is 1. The molecule has 0 radical (unpaired) electrons. The molecule has 1 unspecified atom stereocenters. The standard InChI is InChI=1S/C13H18N2O5S/c1-9-2-3-11(6-12(9)13(14)17)21(18,19)15-4-5-20-10(7-15)8-16/h2-3,6,10,16H,4-5,7-8H2,1H3,(H2,14,17). The Bertz CT molecular complexity index is 644. The quantitative estimate of drug-likeness (QED) is 0.777. The summed E-state index contributed by atoms with van der Waals surface area (Å²) in [7, 11) is -3.74. The van der Waals surface area contributed by atoms with Crippen LogP contribution in [0.25, 0.3) is 0 Å². The van der Waals surface area contributed by atoms with E-state index < -0.39 is 22.0 Å².